The molecule has 2 aromatic rings. The molecule has 1 amide bonds. The fourth-order valence-corrected chi connectivity index (χ4v) is 1.88. The van der Waals surface area contributed by atoms with Gasteiger partial charge in [-0.3, -0.25) is 10.1 Å². The van der Waals surface area contributed by atoms with Crippen molar-refractivity contribution in [1.82, 2.24) is 5.16 Å². The van der Waals surface area contributed by atoms with Crippen molar-refractivity contribution in [3.63, 3.8) is 0 Å². The van der Waals surface area contributed by atoms with Crippen molar-refractivity contribution in [2.45, 2.75) is 20.0 Å². The normalized spacial score (nSPS) is 11.2. The predicted octanol–water partition coefficient (Wildman–Crippen LogP) is 3.43. The Kier molecular flexibility index (Phi) is 4.91. The number of aryl methyl sites for hydroxylation is 1. The highest BCUT2D eigenvalue weighted by atomic mass is 19.4. The number of nitrogens with zero attached hydrogens (tertiary/aromatic N) is 1. The van der Waals surface area contributed by atoms with E-state index in [1.54, 1.807) is 6.92 Å². The first-order valence-corrected chi connectivity index (χ1v) is 6.86. The summed E-state index contributed by atoms with van der Waals surface area (Å²) >= 11 is 0. The summed E-state index contributed by atoms with van der Waals surface area (Å²) in [6.45, 7) is 3.22. The van der Waals surface area contributed by atoms with Crippen molar-refractivity contribution in [3.8, 4) is 0 Å². The third kappa shape index (κ3) is 3.73. The van der Waals surface area contributed by atoms with Crippen LogP contribution in [0.1, 0.15) is 38.9 Å². The number of hydrogen-bond donors (Lipinski definition) is 1. The summed E-state index contributed by atoms with van der Waals surface area (Å²) in [5.74, 6) is -1.69. The fourth-order valence-electron chi connectivity index (χ4n) is 1.88. The Morgan fingerprint density at radius 2 is 1.88 bits per heavy atom. The second-order valence-electron chi connectivity index (χ2n) is 4.72. The van der Waals surface area contributed by atoms with Crippen molar-refractivity contribution >= 4 is 17.8 Å². The van der Waals surface area contributed by atoms with E-state index in [4.69, 9.17) is 9.26 Å². The smallest absolute Gasteiger partial charge is 0.416 e. The Hall–Kier alpha value is -2.84. The van der Waals surface area contributed by atoms with Crippen LogP contribution < -0.4 is 5.32 Å². The summed E-state index contributed by atoms with van der Waals surface area (Å²) in [7, 11) is 0. The molecule has 0 fully saturated rings. The number of amides is 1. The van der Waals surface area contributed by atoms with Crippen molar-refractivity contribution in [1.29, 1.82) is 0 Å². The number of carbonyl (C=O) groups excluding carboxylic acids is 2. The molecule has 0 unspecified atom stereocenters. The minimum absolute atomic E-state index is 0.0353. The highest BCUT2D eigenvalue weighted by Crippen LogP contribution is 2.29. The number of nitrogens with one attached hydrogen (secondary N) is 1. The van der Waals surface area contributed by atoms with Crippen LogP contribution in [0, 0.1) is 6.92 Å². The lowest BCUT2D eigenvalue weighted by molar-refractivity contribution is -0.137. The Morgan fingerprint density at radius 1 is 1.25 bits per heavy atom. The molecule has 24 heavy (non-hydrogen) atoms. The molecule has 0 atom stereocenters. The highest BCUT2D eigenvalue weighted by molar-refractivity contribution is 6.07. The molecule has 0 aliphatic heterocycles. The highest BCUT2D eigenvalue weighted by Gasteiger charge is 2.30. The van der Waals surface area contributed by atoms with Gasteiger partial charge in [-0.05, 0) is 38.1 Å². The molecule has 9 heteroatoms. The topological polar surface area (TPSA) is 81.4 Å². The lowest BCUT2D eigenvalue weighted by Crippen LogP contribution is -2.15. The van der Waals surface area contributed by atoms with Crippen molar-refractivity contribution in [2.75, 3.05) is 11.9 Å². The molecule has 1 heterocycles. The van der Waals surface area contributed by atoms with Gasteiger partial charge in [-0.15, -0.1) is 0 Å². The summed E-state index contributed by atoms with van der Waals surface area (Å²) < 4.78 is 47.2. The number of anilines is 1. The van der Waals surface area contributed by atoms with E-state index in [1.165, 1.54) is 6.92 Å². The average molecular weight is 342 g/mol. The number of halogens is 3. The summed E-state index contributed by atoms with van der Waals surface area (Å²) in [5, 5.41) is 5.87. The first-order valence-electron chi connectivity index (χ1n) is 6.86. The molecular weight excluding hydrogens is 329 g/mol. The van der Waals surface area contributed by atoms with E-state index in [0.29, 0.717) is 0 Å². The minimum atomic E-state index is -4.49. The zero-order valence-electron chi connectivity index (χ0n) is 12.7. The second kappa shape index (κ2) is 6.73. The number of rotatable bonds is 4. The molecule has 2 rings (SSSR count). The third-order valence-corrected chi connectivity index (χ3v) is 3.04. The number of aromatic nitrogens is 1. The maximum atomic E-state index is 12.5. The molecule has 0 radical (unpaired) electrons. The molecule has 1 aromatic carbocycles. The largest absolute Gasteiger partial charge is 0.462 e. The average Bonchev–Trinajstić information content (AvgIpc) is 2.87. The molecule has 0 bridgehead atoms. The molecule has 1 aromatic heterocycles. The van der Waals surface area contributed by atoms with Crippen LogP contribution in [0.5, 0.6) is 0 Å². The third-order valence-electron chi connectivity index (χ3n) is 3.04. The zero-order valence-corrected chi connectivity index (χ0v) is 12.7. The van der Waals surface area contributed by atoms with Crippen LogP contribution in [0.15, 0.2) is 28.8 Å². The number of esters is 1. The Balaban J connectivity index is 2.20. The van der Waals surface area contributed by atoms with Crippen molar-refractivity contribution < 1.29 is 32.0 Å². The van der Waals surface area contributed by atoms with E-state index in [1.807, 2.05) is 0 Å². The Labute approximate surface area is 134 Å². The molecule has 128 valence electrons. The number of carbonyl (C=O) groups is 2. The molecular formula is C15H13F3N2O4. The van der Waals surface area contributed by atoms with Crippen LogP contribution in [0.2, 0.25) is 0 Å². The summed E-state index contributed by atoms with van der Waals surface area (Å²) in [4.78, 5) is 23.9. The quantitative estimate of drug-likeness (QED) is 0.861. The second-order valence-corrected chi connectivity index (χ2v) is 4.72. The van der Waals surface area contributed by atoms with E-state index in [-0.39, 0.29) is 29.3 Å². The van der Waals surface area contributed by atoms with Gasteiger partial charge in [0.25, 0.3) is 5.91 Å². The molecule has 0 aliphatic rings. The van der Waals surface area contributed by atoms with Gasteiger partial charge in [0.2, 0.25) is 5.88 Å². The number of benzene rings is 1. The molecule has 0 spiro atoms. The molecule has 1 N–H and O–H groups in total. The van der Waals surface area contributed by atoms with Crippen LogP contribution in [-0.4, -0.2) is 23.6 Å². The van der Waals surface area contributed by atoms with E-state index in [0.717, 1.165) is 24.3 Å². The van der Waals surface area contributed by atoms with Gasteiger partial charge >= 0.3 is 12.1 Å². The Morgan fingerprint density at radius 3 is 2.42 bits per heavy atom. The van der Waals surface area contributed by atoms with Gasteiger partial charge in [-0.1, -0.05) is 5.16 Å². The molecule has 0 aliphatic carbocycles. The number of alkyl halides is 3. The van der Waals surface area contributed by atoms with Crippen molar-refractivity contribution in [2.24, 2.45) is 0 Å². The molecule has 6 nitrogen and oxygen atoms in total. The predicted molar refractivity (Wildman–Crippen MR) is 76.6 cm³/mol. The van der Waals surface area contributed by atoms with Crippen molar-refractivity contribution in [3.05, 3.63) is 46.6 Å². The van der Waals surface area contributed by atoms with Gasteiger partial charge in [0.15, 0.2) is 0 Å². The van der Waals surface area contributed by atoms with Gasteiger partial charge in [0, 0.05) is 5.56 Å². The summed E-state index contributed by atoms with van der Waals surface area (Å²) in [5.41, 5.74) is -0.734. The Bertz CT molecular complexity index is 751. The monoisotopic (exact) mass is 342 g/mol. The lowest BCUT2D eigenvalue weighted by atomic mass is 10.1. The van der Waals surface area contributed by atoms with Gasteiger partial charge in [0.05, 0.1) is 17.9 Å². The van der Waals surface area contributed by atoms with Gasteiger partial charge < -0.3 is 9.26 Å². The van der Waals surface area contributed by atoms with Crippen LogP contribution >= 0.6 is 0 Å². The van der Waals surface area contributed by atoms with E-state index in [9.17, 15) is 22.8 Å². The number of ether oxygens (including phenoxy) is 1. The van der Waals surface area contributed by atoms with Crippen LogP contribution in [0.3, 0.4) is 0 Å². The van der Waals surface area contributed by atoms with E-state index < -0.39 is 23.6 Å². The molecule has 0 saturated heterocycles. The maximum Gasteiger partial charge on any atom is 0.416 e. The standard InChI is InChI=1S/C15H13F3N2O4/c1-3-23-14(22)11-8(2)20-24-13(11)19-12(21)9-4-6-10(7-5-9)15(16,17)18/h4-7H,3H2,1-2H3,(H,19,21). The van der Waals surface area contributed by atoms with Crippen LogP contribution in [0.4, 0.5) is 19.1 Å². The van der Waals surface area contributed by atoms with Crippen LogP contribution in [0.25, 0.3) is 0 Å². The first-order chi connectivity index (χ1) is 11.2. The zero-order chi connectivity index (χ0) is 17.9. The van der Waals surface area contributed by atoms with E-state index >= 15 is 0 Å². The van der Waals surface area contributed by atoms with Gasteiger partial charge in [-0.25, -0.2) is 4.79 Å². The fraction of sp³-hybridized carbons (Fsp3) is 0.267. The summed E-state index contributed by atoms with van der Waals surface area (Å²) in [6, 6.07) is 3.61. The lowest BCUT2D eigenvalue weighted by Gasteiger charge is -2.08. The number of hydrogen-bond acceptors (Lipinski definition) is 5. The molecule has 0 saturated carbocycles. The summed E-state index contributed by atoms with van der Waals surface area (Å²) in [6.07, 6.45) is -4.49. The van der Waals surface area contributed by atoms with Gasteiger partial charge in [0.1, 0.15) is 5.56 Å². The first kappa shape index (κ1) is 17.5. The maximum absolute atomic E-state index is 12.5. The van der Waals surface area contributed by atoms with Crippen LogP contribution in [-0.2, 0) is 10.9 Å². The SMILES string of the molecule is CCOC(=O)c1c(C)noc1NC(=O)c1ccc(C(F)(F)F)cc1. The van der Waals surface area contributed by atoms with E-state index in [2.05, 4.69) is 10.5 Å². The minimum Gasteiger partial charge on any atom is -0.462 e. The van der Waals surface area contributed by atoms with Gasteiger partial charge in [-0.2, -0.15) is 13.2 Å².